The molecule has 0 heterocycles. The molecular weight excluding hydrogens is 268 g/mol. The summed E-state index contributed by atoms with van der Waals surface area (Å²) in [4.78, 5) is 0.872. The lowest BCUT2D eigenvalue weighted by Gasteiger charge is -2.02. The Morgan fingerprint density at radius 3 is 2.45 bits per heavy atom. The van der Waals surface area contributed by atoms with Gasteiger partial charge in [-0.05, 0) is 24.3 Å². The molecular formula is C16H20N2OS. The third-order valence-corrected chi connectivity index (χ3v) is 2.67. The van der Waals surface area contributed by atoms with Crippen LogP contribution in [0.5, 0.6) is 0 Å². The summed E-state index contributed by atoms with van der Waals surface area (Å²) >= 11 is 4.27. The quantitative estimate of drug-likeness (QED) is 0.579. The average Bonchev–Trinajstić information content (AvgIpc) is 2.49. The fourth-order valence-electron chi connectivity index (χ4n) is 1.55. The molecule has 0 spiro atoms. The van der Waals surface area contributed by atoms with Crippen molar-refractivity contribution in [2.24, 2.45) is 10.2 Å². The maximum atomic E-state index is 5.13. The minimum absolute atomic E-state index is 0.530. The molecule has 0 saturated heterocycles. The molecule has 0 bridgehead atoms. The second kappa shape index (κ2) is 9.28. The monoisotopic (exact) mass is 288 g/mol. The van der Waals surface area contributed by atoms with Crippen LogP contribution < -0.4 is 0 Å². The van der Waals surface area contributed by atoms with Crippen molar-refractivity contribution >= 4 is 24.0 Å². The van der Waals surface area contributed by atoms with Crippen LogP contribution in [-0.4, -0.2) is 7.11 Å². The fourth-order valence-corrected chi connectivity index (χ4v) is 1.77. The second-order valence-corrected chi connectivity index (χ2v) is 4.30. The molecule has 106 valence electrons. The van der Waals surface area contributed by atoms with Gasteiger partial charge in [-0.1, -0.05) is 38.1 Å². The van der Waals surface area contributed by atoms with Gasteiger partial charge in [0.25, 0.3) is 0 Å². The van der Waals surface area contributed by atoms with Crippen LogP contribution in [0, 0.1) is 0 Å². The van der Waals surface area contributed by atoms with Gasteiger partial charge in [0, 0.05) is 17.6 Å². The highest BCUT2D eigenvalue weighted by atomic mass is 32.1. The summed E-state index contributed by atoms with van der Waals surface area (Å²) < 4.78 is 5.13. The van der Waals surface area contributed by atoms with Gasteiger partial charge >= 0.3 is 0 Å². The van der Waals surface area contributed by atoms with E-state index >= 15 is 0 Å². The molecule has 0 saturated carbocycles. The summed E-state index contributed by atoms with van der Waals surface area (Å²) in [5, 5.41) is 8.45. The Kier molecular flexibility index (Phi) is 7.62. The standard InChI is InChI=1S/C14H14N2OS.C2H6/c1-17-10-11-5-2-3-8-14(11)16-15-12-6-4-7-13(18)9-12;1-2/h2-9,18H,10H2,1H3;1-2H3. The van der Waals surface area contributed by atoms with Crippen molar-refractivity contribution in [2.75, 3.05) is 7.11 Å². The molecule has 0 aliphatic heterocycles. The number of nitrogens with zero attached hydrogens (tertiary/aromatic N) is 2. The Morgan fingerprint density at radius 2 is 1.75 bits per heavy atom. The molecule has 0 radical (unpaired) electrons. The van der Waals surface area contributed by atoms with Gasteiger partial charge < -0.3 is 4.74 Å². The molecule has 4 heteroatoms. The van der Waals surface area contributed by atoms with Gasteiger partial charge in [0.15, 0.2) is 0 Å². The Labute approximate surface area is 126 Å². The summed E-state index contributed by atoms with van der Waals surface area (Å²) in [6.45, 7) is 4.53. The van der Waals surface area contributed by atoms with E-state index < -0.39 is 0 Å². The van der Waals surface area contributed by atoms with Crippen molar-refractivity contribution in [1.82, 2.24) is 0 Å². The maximum Gasteiger partial charge on any atom is 0.0912 e. The first kappa shape index (κ1) is 16.4. The minimum atomic E-state index is 0.530. The first-order valence-electron chi connectivity index (χ1n) is 6.57. The second-order valence-electron chi connectivity index (χ2n) is 3.78. The number of ether oxygens (including phenoxy) is 1. The number of hydrogen-bond donors (Lipinski definition) is 1. The Hall–Kier alpha value is -1.65. The molecule has 0 N–H and O–H groups in total. The van der Waals surface area contributed by atoms with E-state index in [0.717, 1.165) is 21.8 Å². The summed E-state index contributed by atoms with van der Waals surface area (Å²) in [7, 11) is 1.66. The summed E-state index contributed by atoms with van der Waals surface area (Å²) in [5.74, 6) is 0. The van der Waals surface area contributed by atoms with Gasteiger partial charge in [-0.25, -0.2) is 0 Å². The van der Waals surface area contributed by atoms with Crippen molar-refractivity contribution in [3.8, 4) is 0 Å². The van der Waals surface area contributed by atoms with E-state index in [1.165, 1.54) is 0 Å². The molecule has 0 aliphatic rings. The lowest BCUT2D eigenvalue weighted by atomic mass is 10.2. The van der Waals surface area contributed by atoms with Crippen molar-refractivity contribution in [2.45, 2.75) is 25.3 Å². The molecule has 0 amide bonds. The average molecular weight is 288 g/mol. The molecule has 20 heavy (non-hydrogen) atoms. The normalized spacial score (nSPS) is 10.2. The van der Waals surface area contributed by atoms with Crippen molar-refractivity contribution in [1.29, 1.82) is 0 Å². The van der Waals surface area contributed by atoms with E-state index in [1.54, 1.807) is 7.11 Å². The molecule has 3 nitrogen and oxygen atoms in total. The van der Waals surface area contributed by atoms with Gasteiger partial charge in [0.05, 0.1) is 18.0 Å². The Bertz CT molecular complexity index is 556. The molecule has 2 aromatic carbocycles. The van der Waals surface area contributed by atoms with Crippen LogP contribution in [0.1, 0.15) is 19.4 Å². The van der Waals surface area contributed by atoms with E-state index in [1.807, 2.05) is 62.4 Å². The molecule has 2 aromatic rings. The Balaban J connectivity index is 0.000000956. The van der Waals surface area contributed by atoms with Crippen LogP contribution in [-0.2, 0) is 11.3 Å². The van der Waals surface area contributed by atoms with Crippen LogP contribution in [0.2, 0.25) is 0 Å². The van der Waals surface area contributed by atoms with Gasteiger partial charge in [-0.15, -0.1) is 12.6 Å². The van der Waals surface area contributed by atoms with Gasteiger partial charge in [0.2, 0.25) is 0 Å². The number of rotatable bonds is 4. The SMILES string of the molecule is CC.COCc1ccccc1N=Nc1cccc(S)c1. The minimum Gasteiger partial charge on any atom is -0.380 e. The van der Waals surface area contributed by atoms with Gasteiger partial charge in [0.1, 0.15) is 0 Å². The number of azo groups is 1. The molecule has 0 unspecified atom stereocenters. The molecule has 0 aromatic heterocycles. The number of methoxy groups -OCH3 is 1. The highest BCUT2D eigenvalue weighted by molar-refractivity contribution is 7.80. The van der Waals surface area contributed by atoms with E-state index in [-0.39, 0.29) is 0 Å². The fraction of sp³-hybridized carbons (Fsp3) is 0.250. The highest BCUT2D eigenvalue weighted by Gasteiger charge is 1.99. The Morgan fingerprint density at radius 1 is 1.00 bits per heavy atom. The van der Waals surface area contributed by atoms with Gasteiger partial charge in [-0.3, -0.25) is 0 Å². The van der Waals surface area contributed by atoms with E-state index in [0.29, 0.717) is 6.61 Å². The van der Waals surface area contributed by atoms with Crippen LogP contribution >= 0.6 is 12.6 Å². The van der Waals surface area contributed by atoms with E-state index in [4.69, 9.17) is 4.74 Å². The smallest absolute Gasteiger partial charge is 0.0912 e. The van der Waals surface area contributed by atoms with Crippen LogP contribution in [0.4, 0.5) is 11.4 Å². The first-order chi connectivity index (χ1) is 9.79. The summed E-state index contributed by atoms with van der Waals surface area (Å²) in [5.41, 5.74) is 2.63. The third-order valence-electron chi connectivity index (χ3n) is 2.39. The predicted octanol–water partition coefficient (Wildman–Crippen LogP) is 5.56. The largest absolute Gasteiger partial charge is 0.380 e. The zero-order chi connectivity index (χ0) is 14.8. The van der Waals surface area contributed by atoms with Crippen LogP contribution in [0.15, 0.2) is 63.7 Å². The number of benzene rings is 2. The predicted molar refractivity (Wildman–Crippen MR) is 86.4 cm³/mol. The lowest BCUT2D eigenvalue weighted by molar-refractivity contribution is 0.185. The van der Waals surface area contributed by atoms with Crippen molar-refractivity contribution in [3.05, 3.63) is 54.1 Å². The maximum absolute atomic E-state index is 5.13. The molecule has 0 atom stereocenters. The van der Waals surface area contributed by atoms with Crippen LogP contribution in [0.3, 0.4) is 0 Å². The zero-order valence-electron chi connectivity index (χ0n) is 12.1. The van der Waals surface area contributed by atoms with Crippen LogP contribution in [0.25, 0.3) is 0 Å². The van der Waals surface area contributed by atoms with Crippen molar-refractivity contribution in [3.63, 3.8) is 0 Å². The summed E-state index contributed by atoms with van der Waals surface area (Å²) in [6, 6.07) is 15.4. The number of thiol groups is 1. The topological polar surface area (TPSA) is 34.0 Å². The first-order valence-corrected chi connectivity index (χ1v) is 7.02. The van der Waals surface area contributed by atoms with Gasteiger partial charge in [-0.2, -0.15) is 10.2 Å². The molecule has 2 rings (SSSR count). The van der Waals surface area contributed by atoms with E-state index in [9.17, 15) is 0 Å². The van der Waals surface area contributed by atoms with E-state index in [2.05, 4.69) is 22.9 Å². The summed E-state index contributed by atoms with van der Waals surface area (Å²) in [6.07, 6.45) is 0. The molecule has 0 fully saturated rings. The molecule has 0 aliphatic carbocycles. The highest BCUT2D eigenvalue weighted by Crippen LogP contribution is 2.23. The third kappa shape index (κ3) is 5.15. The zero-order valence-corrected chi connectivity index (χ0v) is 13.0. The van der Waals surface area contributed by atoms with Crippen molar-refractivity contribution < 1.29 is 4.74 Å². The number of hydrogen-bond acceptors (Lipinski definition) is 4. The lowest BCUT2D eigenvalue weighted by Crippen LogP contribution is -1.86.